The number of nitriles is 1. The molecule has 34 heavy (non-hydrogen) atoms. The fraction of sp³-hybridized carbons (Fsp3) is 0.174. The van der Waals surface area contributed by atoms with E-state index in [4.69, 9.17) is 11.6 Å². The molecule has 2 heterocycles. The van der Waals surface area contributed by atoms with Crippen molar-refractivity contribution in [1.29, 1.82) is 5.26 Å². The summed E-state index contributed by atoms with van der Waals surface area (Å²) < 4.78 is 42.0. The summed E-state index contributed by atoms with van der Waals surface area (Å²) in [6, 6.07) is 11.2. The van der Waals surface area contributed by atoms with E-state index < -0.39 is 29.4 Å². The van der Waals surface area contributed by atoms with Crippen molar-refractivity contribution in [2.75, 3.05) is 5.32 Å². The third-order valence-electron chi connectivity index (χ3n) is 5.28. The number of nitrogens with zero attached hydrogens (tertiary/aromatic N) is 5. The maximum absolute atomic E-state index is 14.7. The Bertz CT molecular complexity index is 1520. The monoisotopic (exact) mass is 484 g/mol. The SMILES string of the molecule is C[C@@H](Nc1nn(C)c(=O)c2nnc(-c3cc(C#N)ccc3Cl)cc12)c1cccc(C(F)F)c1F. The highest BCUT2D eigenvalue weighted by Gasteiger charge is 2.21. The van der Waals surface area contributed by atoms with Crippen molar-refractivity contribution < 1.29 is 13.2 Å². The number of aromatic nitrogens is 4. The van der Waals surface area contributed by atoms with Gasteiger partial charge in [0.25, 0.3) is 12.0 Å². The number of aryl methyl sites for hydroxylation is 1. The Morgan fingerprint density at radius 1 is 1.15 bits per heavy atom. The molecular formula is C23H16ClF3N6O. The van der Waals surface area contributed by atoms with Crippen LogP contribution in [0.25, 0.3) is 22.2 Å². The molecule has 0 aliphatic rings. The fourth-order valence-electron chi connectivity index (χ4n) is 3.52. The third kappa shape index (κ3) is 4.18. The summed E-state index contributed by atoms with van der Waals surface area (Å²) >= 11 is 6.28. The zero-order chi connectivity index (χ0) is 24.6. The summed E-state index contributed by atoms with van der Waals surface area (Å²) in [4.78, 5) is 12.6. The van der Waals surface area contributed by atoms with Crippen LogP contribution < -0.4 is 10.9 Å². The van der Waals surface area contributed by atoms with Gasteiger partial charge in [-0.25, -0.2) is 17.9 Å². The fourth-order valence-corrected chi connectivity index (χ4v) is 3.73. The Hall–Kier alpha value is -3.97. The van der Waals surface area contributed by atoms with E-state index in [0.717, 1.165) is 10.7 Å². The molecule has 4 aromatic rings. The Labute approximate surface area is 196 Å². The minimum absolute atomic E-state index is 0.00797. The van der Waals surface area contributed by atoms with Crippen molar-refractivity contribution in [3.63, 3.8) is 0 Å². The van der Waals surface area contributed by atoms with Crippen molar-refractivity contribution in [3.05, 3.63) is 80.3 Å². The first-order valence-corrected chi connectivity index (χ1v) is 10.4. The first-order chi connectivity index (χ1) is 16.2. The number of halogens is 4. The van der Waals surface area contributed by atoms with Crippen LogP contribution >= 0.6 is 11.6 Å². The Balaban J connectivity index is 1.84. The highest BCUT2D eigenvalue weighted by Crippen LogP contribution is 2.32. The number of alkyl halides is 2. The molecule has 0 saturated heterocycles. The molecule has 1 N–H and O–H groups in total. The van der Waals surface area contributed by atoms with E-state index in [0.29, 0.717) is 16.1 Å². The summed E-state index contributed by atoms with van der Waals surface area (Å²) in [6.45, 7) is 1.58. The Kier molecular flexibility index (Phi) is 6.22. The minimum atomic E-state index is -2.96. The number of nitrogens with one attached hydrogen (secondary N) is 1. The van der Waals surface area contributed by atoms with Gasteiger partial charge >= 0.3 is 0 Å². The molecule has 0 aliphatic heterocycles. The molecule has 0 spiro atoms. The molecule has 0 aliphatic carbocycles. The van der Waals surface area contributed by atoms with E-state index in [-0.39, 0.29) is 28.0 Å². The van der Waals surface area contributed by atoms with Crippen LogP contribution in [0.1, 0.15) is 36.1 Å². The van der Waals surface area contributed by atoms with E-state index in [1.807, 2.05) is 6.07 Å². The lowest BCUT2D eigenvalue weighted by Crippen LogP contribution is -2.23. The van der Waals surface area contributed by atoms with Gasteiger partial charge < -0.3 is 5.32 Å². The van der Waals surface area contributed by atoms with Crippen LogP contribution in [0.15, 0.2) is 47.3 Å². The molecular weight excluding hydrogens is 469 g/mol. The molecule has 0 bridgehead atoms. The number of hydrogen-bond acceptors (Lipinski definition) is 6. The largest absolute Gasteiger partial charge is 0.361 e. The number of fused-ring (bicyclic) bond motifs is 1. The highest BCUT2D eigenvalue weighted by molar-refractivity contribution is 6.33. The number of anilines is 1. The normalized spacial score (nSPS) is 12.1. The Morgan fingerprint density at radius 3 is 2.59 bits per heavy atom. The predicted octanol–water partition coefficient (Wildman–Crippen LogP) is 5.17. The van der Waals surface area contributed by atoms with Crippen LogP contribution in [0.5, 0.6) is 0 Å². The second kappa shape index (κ2) is 9.11. The topological polar surface area (TPSA) is 96.5 Å². The lowest BCUT2D eigenvalue weighted by Gasteiger charge is -2.18. The second-order valence-electron chi connectivity index (χ2n) is 7.49. The van der Waals surface area contributed by atoms with E-state index in [1.54, 1.807) is 19.1 Å². The summed E-state index contributed by atoms with van der Waals surface area (Å²) in [5, 5.41) is 25.1. The zero-order valence-electron chi connectivity index (χ0n) is 17.9. The quantitative estimate of drug-likeness (QED) is 0.420. The van der Waals surface area contributed by atoms with E-state index >= 15 is 0 Å². The average Bonchev–Trinajstić information content (AvgIpc) is 2.82. The molecule has 1 atom stereocenters. The number of rotatable bonds is 5. The molecule has 0 amide bonds. The Morgan fingerprint density at radius 2 is 1.88 bits per heavy atom. The maximum Gasteiger partial charge on any atom is 0.295 e. The highest BCUT2D eigenvalue weighted by atomic mass is 35.5. The molecule has 4 rings (SSSR count). The number of hydrogen-bond donors (Lipinski definition) is 1. The van der Waals surface area contributed by atoms with Gasteiger partial charge in [0.15, 0.2) is 11.3 Å². The molecule has 0 radical (unpaired) electrons. The average molecular weight is 485 g/mol. The summed E-state index contributed by atoms with van der Waals surface area (Å²) in [7, 11) is 1.42. The van der Waals surface area contributed by atoms with Crippen molar-refractivity contribution in [1.82, 2.24) is 20.0 Å². The van der Waals surface area contributed by atoms with Gasteiger partial charge in [0, 0.05) is 18.2 Å². The molecule has 0 unspecified atom stereocenters. The lowest BCUT2D eigenvalue weighted by atomic mass is 10.0. The third-order valence-corrected chi connectivity index (χ3v) is 5.61. The van der Waals surface area contributed by atoms with Gasteiger partial charge in [-0.15, -0.1) is 10.2 Å². The molecule has 0 saturated carbocycles. The van der Waals surface area contributed by atoms with Gasteiger partial charge in [0.05, 0.1) is 39.3 Å². The van der Waals surface area contributed by atoms with Crippen molar-refractivity contribution in [2.45, 2.75) is 19.4 Å². The summed E-state index contributed by atoms with van der Waals surface area (Å²) in [6.07, 6.45) is -2.96. The van der Waals surface area contributed by atoms with Crippen LogP contribution in [-0.2, 0) is 7.05 Å². The van der Waals surface area contributed by atoms with Crippen LogP contribution in [0.2, 0.25) is 5.02 Å². The van der Waals surface area contributed by atoms with E-state index in [2.05, 4.69) is 20.6 Å². The molecule has 11 heteroatoms. The maximum atomic E-state index is 14.7. The van der Waals surface area contributed by atoms with Crippen LogP contribution in [0, 0.1) is 17.1 Å². The molecule has 2 aromatic carbocycles. The van der Waals surface area contributed by atoms with Gasteiger partial charge in [-0.05, 0) is 31.2 Å². The van der Waals surface area contributed by atoms with Crippen LogP contribution in [0.4, 0.5) is 19.0 Å². The van der Waals surface area contributed by atoms with Gasteiger partial charge in [0.1, 0.15) is 5.82 Å². The van der Waals surface area contributed by atoms with Crippen molar-refractivity contribution in [3.8, 4) is 17.3 Å². The minimum Gasteiger partial charge on any atom is -0.361 e. The van der Waals surface area contributed by atoms with Gasteiger partial charge in [-0.1, -0.05) is 29.8 Å². The first-order valence-electron chi connectivity index (χ1n) is 9.99. The van der Waals surface area contributed by atoms with Gasteiger partial charge in [-0.3, -0.25) is 4.79 Å². The van der Waals surface area contributed by atoms with Gasteiger partial charge in [-0.2, -0.15) is 10.4 Å². The number of benzene rings is 2. The first kappa shape index (κ1) is 23.2. The molecule has 0 fully saturated rings. The van der Waals surface area contributed by atoms with Crippen molar-refractivity contribution >= 4 is 28.3 Å². The molecule has 2 aromatic heterocycles. The molecule has 172 valence electrons. The van der Waals surface area contributed by atoms with Crippen molar-refractivity contribution in [2.24, 2.45) is 7.05 Å². The predicted molar refractivity (Wildman–Crippen MR) is 121 cm³/mol. The summed E-state index contributed by atoms with van der Waals surface area (Å²) in [5.41, 5.74) is -0.167. The zero-order valence-corrected chi connectivity index (χ0v) is 18.6. The smallest absolute Gasteiger partial charge is 0.295 e. The van der Waals surface area contributed by atoms with E-state index in [9.17, 15) is 23.2 Å². The summed E-state index contributed by atoms with van der Waals surface area (Å²) in [5.74, 6) is -0.859. The van der Waals surface area contributed by atoms with E-state index in [1.165, 1.54) is 31.3 Å². The lowest BCUT2D eigenvalue weighted by molar-refractivity contribution is 0.146. The second-order valence-corrected chi connectivity index (χ2v) is 7.90. The van der Waals surface area contributed by atoms with Crippen LogP contribution in [-0.4, -0.2) is 20.0 Å². The van der Waals surface area contributed by atoms with Gasteiger partial charge in [0.2, 0.25) is 0 Å². The standard InChI is InChI=1S/C23H16ClF3N6O/c1-11(13-4-3-5-14(19(13)25)21(26)27)29-22-16-9-18(15-8-12(10-28)6-7-17(15)24)30-31-20(16)23(34)33(2)32-22/h3-9,11,21H,1-2H3,(H,29,32)/t11-/m1/s1. The van der Waals surface area contributed by atoms with Crippen LogP contribution in [0.3, 0.4) is 0 Å². The molecule has 7 nitrogen and oxygen atoms in total.